The molecule has 1 aromatic carbocycles. The fraction of sp³-hybridized carbons (Fsp3) is 0.440. The maximum Gasteiger partial charge on any atom is 0.331 e. The van der Waals surface area contributed by atoms with E-state index in [1.165, 1.54) is 36.4 Å². The fourth-order valence-corrected chi connectivity index (χ4v) is 4.15. The number of aliphatic hydroxyl groups is 1. The van der Waals surface area contributed by atoms with E-state index in [1.807, 2.05) is 6.92 Å². The molecule has 5 nitrogen and oxygen atoms in total. The predicted molar refractivity (Wildman–Crippen MR) is 115 cm³/mol. The number of esters is 2. The highest BCUT2D eigenvalue weighted by Gasteiger charge is 2.38. The number of benzene rings is 1. The number of ether oxygens (including phenoxy) is 2. The van der Waals surface area contributed by atoms with E-state index in [4.69, 9.17) is 9.47 Å². The molecular formula is C25H29FO5. The van der Waals surface area contributed by atoms with Crippen LogP contribution in [0.15, 0.2) is 54.6 Å². The third kappa shape index (κ3) is 7.17. The van der Waals surface area contributed by atoms with Crippen molar-refractivity contribution in [3.05, 3.63) is 66.0 Å². The van der Waals surface area contributed by atoms with Gasteiger partial charge in [0.05, 0.1) is 12.2 Å². The number of halogens is 1. The Hall–Kier alpha value is -2.73. The second kappa shape index (κ2) is 11.0. The highest BCUT2D eigenvalue weighted by atomic mass is 19.1. The van der Waals surface area contributed by atoms with Crippen molar-refractivity contribution in [3.63, 3.8) is 0 Å². The Kier molecular flexibility index (Phi) is 8.18. The number of aliphatic hydroxyl groups excluding tert-OH is 1. The van der Waals surface area contributed by atoms with Gasteiger partial charge in [0.1, 0.15) is 11.9 Å². The molecule has 5 atom stereocenters. The van der Waals surface area contributed by atoms with E-state index < -0.39 is 18.0 Å². The van der Waals surface area contributed by atoms with Crippen LogP contribution < -0.4 is 0 Å². The summed E-state index contributed by atoms with van der Waals surface area (Å²) in [6.45, 7) is 1.86. The van der Waals surface area contributed by atoms with Crippen molar-refractivity contribution >= 4 is 18.0 Å². The summed E-state index contributed by atoms with van der Waals surface area (Å²) in [5, 5.41) is 10.6. The maximum atomic E-state index is 13.3. The summed E-state index contributed by atoms with van der Waals surface area (Å²) in [4.78, 5) is 24.2. The van der Waals surface area contributed by atoms with E-state index in [0.29, 0.717) is 18.4 Å². The molecule has 1 aliphatic heterocycles. The first-order chi connectivity index (χ1) is 14.9. The normalized spacial score (nSPS) is 31.6. The molecule has 31 heavy (non-hydrogen) atoms. The molecule has 0 unspecified atom stereocenters. The van der Waals surface area contributed by atoms with E-state index >= 15 is 0 Å². The van der Waals surface area contributed by atoms with Gasteiger partial charge >= 0.3 is 11.9 Å². The molecular weight excluding hydrogens is 399 g/mol. The lowest BCUT2D eigenvalue weighted by Crippen LogP contribution is -2.22. The molecule has 1 N–H and O–H groups in total. The molecule has 0 amide bonds. The number of carbonyl (C=O) groups is 2. The van der Waals surface area contributed by atoms with Crippen LogP contribution >= 0.6 is 0 Å². The number of cyclic esters (lactones) is 1. The molecule has 1 aliphatic carbocycles. The molecule has 0 aromatic heterocycles. The SMILES string of the molecule is C[C@H]1CCC/C=C/[C@@H]2C[C@H](OC(=O)/C=C/c3cccc(F)c3)C[C@H]2[C@H](O)/C=C/C(=O)O1. The van der Waals surface area contributed by atoms with Gasteiger partial charge in [0.15, 0.2) is 0 Å². The van der Waals surface area contributed by atoms with Gasteiger partial charge in [0.25, 0.3) is 0 Å². The summed E-state index contributed by atoms with van der Waals surface area (Å²) in [6.07, 6.45) is 12.0. The quantitative estimate of drug-likeness (QED) is 0.440. The number of hydrogen-bond donors (Lipinski definition) is 1. The van der Waals surface area contributed by atoms with Gasteiger partial charge in [0, 0.05) is 12.2 Å². The minimum atomic E-state index is -0.843. The van der Waals surface area contributed by atoms with Crippen molar-refractivity contribution in [1.29, 1.82) is 0 Å². The number of hydrogen-bond acceptors (Lipinski definition) is 5. The number of carbonyl (C=O) groups excluding carboxylic acids is 2. The van der Waals surface area contributed by atoms with Gasteiger partial charge in [0.2, 0.25) is 0 Å². The molecule has 0 saturated heterocycles. The second-order valence-corrected chi connectivity index (χ2v) is 8.20. The Labute approximate surface area is 182 Å². The first kappa shape index (κ1) is 22.9. The van der Waals surface area contributed by atoms with Crippen LogP contribution in [0.3, 0.4) is 0 Å². The summed E-state index contributed by atoms with van der Waals surface area (Å²) in [6, 6.07) is 5.94. The van der Waals surface area contributed by atoms with Crippen LogP contribution in [0.25, 0.3) is 6.08 Å². The highest BCUT2D eigenvalue weighted by molar-refractivity contribution is 5.87. The van der Waals surface area contributed by atoms with Crippen LogP contribution in [0.2, 0.25) is 0 Å². The first-order valence-electron chi connectivity index (χ1n) is 10.8. The summed E-state index contributed by atoms with van der Waals surface area (Å²) in [7, 11) is 0. The zero-order valence-corrected chi connectivity index (χ0v) is 17.7. The zero-order valence-electron chi connectivity index (χ0n) is 17.7. The van der Waals surface area contributed by atoms with E-state index in [0.717, 1.165) is 19.3 Å². The summed E-state index contributed by atoms with van der Waals surface area (Å²) in [5.41, 5.74) is 0.574. The molecule has 3 rings (SSSR count). The van der Waals surface area contributed by atoms with Gasteiger partial charge in [-0.25, -0.2) is 14.0 Å². The molecule has 166 valence electrons. The third-order valence-corrected chi connectivity index (χ3v) is 5.71. The molecule has 2 aliphatic rings. The smallest absolute Gasteiger partial charge is 0.331 e. The molecule has 1 saturated carbocycles. The van der Waals surface area contributed by atoms with Crippen molar-refractivity contribution in [3.8, 4) is 0 Å². The van der Waals surface area contributed by atoms with Gasteiger partial charge in [-0.2, -0.15) is 0 Å². The molecule has 6 heteroatoms. The average molecular weight is 429 g/mol. The van der Waals surface area contributed by atoms with E-state index in [1.54, 1.807) is 12.1 Å². The summed E-state index contributed by atoms with van der Waals surface area (Å²) < 4.78 is 24.1. The van der Waals surface area contributed by atoms with Crippen LogP contribution in [0, 0.1) is 17.7 Å². The standard InChI is InChI=1S/C25H29FO5/c1-17-6-3-2-4-8-19-15-21(16-22(19)23(27)11-13-24(28)30-17)31-25(29)12-10-18-7-5-9-20(26)14-18/h4-5,7-14,17,19,21-23,27H,2-3,6,15-16H2,1H3/b8-4+,12-10+,13-11+/t17-,19+,21-,22+,23+/m0/s1. The van der Waals surface area contributed by atoms with Crippen LogP contribution in [-0.2, 0) is 19.1 Å². The van der Waals surface area contributed by atoms with Gasteiger partial charge < -0.3 is 14.6 Å². The third-order valence-electron chi connectivity index (χ3n) is 5.71. The topological polar surface area (TPSA) is 72.8 Å². The van der Waals surface area contributed by atoms with Crippen LogP contribution in [0.5, 0.6) is 0 Å². The first-order valence-corrected chi connectivity index (χ1v) is 10.8. The van der Waals surface area contributed by atoms with Gasteiger partial charge in [-0.15, -0.1) is 0 Å². The zero-order chi connectivity index (χ0) is 22.2. The van der Waals surface area contributed by atoms with E-state index in [9.17, 15) is 19.1 Å². The van der Waals surface area contributed by atoms with E-state index in [2.05, 4.69) is 12.2 Å². The minimum absolute atomic E-state index is 0.0406. The average Bonchev–Trinajstić information content (AvgIpc) is 3.12. The number of allylic oxidation sites excluding steroid dienone is 2. The monoisotopic (exact) mass is 428 g/mol. The van der Waals surface area contributed by atoms with Crippen molar-refractivity contribution < 1.29 is 28.6 Å². The molecule has 0 spiro atoms. The molecule has 0 bridgehead atoms. The lowest BCUT2D eigenvalue weighted by Gasteiger charge is -2.19. The number of fused-ring (bicyclic) bond motifs is 1. The molecule has 1 fully saturated rings. The lowest BCUT2D eigenvalue weighted by molar-refractivity contribution is -0.143. The van der Waals surface area contributed by atoms with Gasteiger partial charge in [-0.1, -0.05) is 24.3 Å². The Balaban J connectivity index is 1.63. The van der Waals surface area contributed by atoms with Crippen molar-refractivity contribution in [1.82, 2.24) is 0 Å². The fourth-order valence-electron chi connectivity index (χ4n) is 4.15. The minimum Gasteiger partial charge on any atom is -0.460 e. The van der Waals surface area contributed by atoms with Gasteiger partial charge in [-0.3, -0.25) is 0 Å². The Bertz CT molecular complexity index is 859. The van der Waals surface area contributed by atoms with Crippen LogP contribution in [0.1, 0.15) is 44.6 Å². The maximum absolute atomic E-state index is 13.3. The number of rotatable bonds is 3. The van der Waals surface area contributed by atoms with Crippen molar-refractivity contribution in [2.45, 2.75) is 57.3 Å². The summed E-state index contributed by atoms with van der Waals surface area (Å²) in [5.74, 6) is -1.46. The van der Waals surface area contributed by atoms with Crippen molar-refractivity contribution in [2.24, 2.45) is 11.8 Å². The Morgan fingerprint density at radius 1 is 1.29 bits per heavy atom. The molecule has 1 heterocycles. The molecule has 0 radical (unpaired) electrons. The lowest BCUT2D eigenvalue weighted by atomic mass is 9.90. The van der Waals surface area contributed by atoms with Gasteiger partial charge in [-0.05, 0) is 80.7 Å². The van der Waals surface area contributed by atoms with Crippen molar-refractivity contribution in [2.75, 3.05) is 0 Å². The van der Waals surface area contributed by atoms with Crippen LogP contribution in [-0.4, -0.2) is 35.4 Å². The predicted octanol–water partition coefficient (Wildman–Crippen LogP) is 4.37. The Morgan fingerprint density at radius 2 is 2.13 bits per heavy atom. The van der Waals surface area contributed by atoms with Crippen LogP contribution in [0.4, 0.5) is 4.39 Å². The van der Waals surface area contributed by atoms with E-state index in [-0.39, 0.29) is 29.9 Å². The second-order valence-electron chi connectivity index (χ2n) is 8.20. The molecule has 1 aromatic rings. The largest absolute Gasteiger partial charge is 0.460 e. The summed E-state index contributed by atoms with van der Waals surface area (Å²) >= 11 is 0. The Morgan fingerprint density at radius 3 is 2.94 bits per heavy atom. The highest BCUT2D eigenvalue weighted by Crippen LogP contribution is 2.38.